The zero-order valence-electron chi connectivity index (χ0n) is 4.39. The molecule has 0 radical (unpaired) electrons. The molecule has 0 spiro atoms. The number of hydrogen-bond acceptors (Lipinski definition) is 2. The molecule has 3 nitrogen and oxygen atoms in total. The molecule has 0 saturated carbocycles. The Balaban J connectivity index is 0. The van der Waals surface area contributed by atoms with Crippen LogP contribution < -0.4 is 0 Å². The number of carbonyl (C=O) groups is 1. The summed E-state index contributed by atoms with van der Waals surface area (Å²) in [5.74, 6) is -0.829. The molecule has 0 aliphatic rings. The van der Waals surface area contributed by atoms with Crippen molar-refractivity contribution in [3.05, 3.63) is 0 Å². The quantitative estimate of drug-likeness (QED) is 0.612. The van der Waals surface area contributed by atoms with Crippen LogP contribution in [0.5, 0.6) is 0 Å². The lowest BCUT2D eigenvalue weighted by Gasteiger charge is -1.70. The van der Waals surface area contributed by atoms with E-state index in [0.717, 1.165) is 0 Å². The number of hydrogen-bond donors (Lipinski definition) is 1. The second kappa shape index (κ2) is 9.67. The molecule has 0 saturated heterocycles. The minimum absolute atomic E-state index is 0.0347. The van der Waals surface area contributed by atoms with Crippen molar-refractivity contribution in [3.8, 4) is 6.07 Å². The van der Waals surface area contributed by atoms with Gasteiger partial charge in [0.1, 0.15) is 5.33 Å². The van der Waals surface area contributed by atoms with Crippen molar-refractivity contribution in [2.45, 2.75) is 6.92 Å². The maximum atomic E-state index is 9.32. The molecule has 4 heteroatoms. The van der Waals surface area contributed by atoms with E-state index in [0.29, 0.717) is 0 Å². The predicted octanol–water partition coefficient (Wildman–Crippen LogP) is 0.996. The van der Waals surface area contributed by atoms with E-state index in [-0.39, 0.29) is 5.33 Å². The molecule has 1 N–H and O–H groups in total. The number of nitriles is 1. The molecule has 0 fully saturated rings. The number of nitrogens with zero attached hydrogens (tertiary/aromatic N) is 1. The molecule has 0 bridgehead atoms. The van der Waals surface area contributed by atoms with Gasteiger partial charge in [-0.05, 0) is 0 Å². The molecule has 0 aromatic carbocycles. The molecular weight excluding hydrogens is 174 g/mol. The van der Waals surface area contributed by atoms with Crippen molar-refractivity contribution in [2.75, 3.05) is 5.33 Å². The summed E-state index contributed by atoms with van der Waals surface area (Å²) < 4.78 is 0. The zero-order valence-corrected chi connectivity index (χ0v) is 5.97. The molecule has 0 aliphatic carbocycles. The zero-order chi connectivity index (χ0) is 6.99. The number of carboxylic acids is 1. The fraction of sp³-hybridized carbons (Fsp3) is 0.500. The summed E-state index contributed by atoms with van der Waals surface area (Å²) in [6, 6.07) is 1.75. The van der Waals surface area contributed by atoms with E-state index in [1.807, 2.05) is 0 Å². The number of alkyl halides is 1. The van der Waals surface area contributed by atoms with E-state index in [4.69, 9.17) is 10.4 Å². The third-order valence-corrected chi connectivity index (χ3v) is 0.594. The maximum absolute atomic E-state index is 9.32. The largest absolute Gasteiger partial charge is 0.481 e. The van der Waals surface area contributed by atoms with Crippen LogP contribution in [0.4, 0.5) is 0 Å². The lowest BCUT2D eigenvalue weighted by Crippen LogP contribution is -1.92. The Bertz CT molecular complexity index is 96.7. The van der Waals surface area contributed by atoms with Crippen LogP contribution in [-0.4, -0.2) is 16.4 Å². The Hall–Kier alpha value is -0.560. The molecule has 0 aromatic rings. The van der Waals surface area contributed by atoms with E-state index in [1.54, 1.807) is 6.07 Å². The van der Waals surface area contributed by atoms with Crippen molar-refractivity contribution in [1.29, 1.82) is 5.26 Å². The number of aliphatic carboxylic acids is 1. The summed E-state index contributed by atoms with van der Waals surface area (Å²) in [6.07, 6.45) is 0. The van der Waals surface area contributed by atoms with Gasteiger partial charge in [0, 0.05) is 6.92 Å². The highest BCUT2D eigenvalue weighted by Crippen LogP contribution is 1.73. The van der Waals surface area contributed by atoms with E-state index in [1.165, 1.54) is 6.92 Å². The summed E-state index contributed by atoms with van der Waals surface area (Å²) >= 11 is 2.71. The molecule has 0 amide bonds. The third-order valence-electron chi connectivity index (χ3n) is 0.114. The smallest absolute Gasteiger partial charge is 0.314 e. The van der Waals surface area contributed by atoms with Crippen LogP contribution >= 0.6 is 15.9 Å². The number of carboxylic acid groups (broad SMARTS) is 1. The molecule has 8 heavy (non-hydrogen) atoms. The van der Waals surface area contributed by atoms with Crippen molar-refractivity contribution < 1.29 is 9.90 Å². The van der Waals surface area contributed by atoms with Gasteiger partial charge in [0.2, 0.25) is 0 Å². The van der Waals surface area contributed by atoms with Crippen LogP contribution in [0.3, 0.4) is 0 Å². The fourth-order valence-electron chi connectivity index (χ4n) is 0. The van der Waals surface area contributed by atoms with Gasteiger partial charge in [-0.15, -0.1) is 0 Å². The second-order valence-electron chi connectivity index (χ2n) is 0.751. The topological polar surface area (TPSA) is 61.1 Å². The Kier molecular flexibility index (Phi) is 12.6. The van der Waals surface area contributed by atoms with Crippen LogP contribution in [0.1, 0.15) is 6.92 Å². The fourth-order valence-corrected chi connectivity index (χ4v) is 0. The van der Waals surface area contributed by atoms with Gasteiger partial charge >= 0.3 is 5.97 Å². The summed E-state index contributed by atoms with van der Waals surface area (Å²) in [5, 5.41) is 15.0. The van der Waals surface area contributed by atoms with E-state index >= 15 is 0 Å². The molecule has 0 unspecified atom stereocenters. The van der Waals surface area contributed by atoms with Crippen molar-refractivity contribution in [2.24, 2.45) is 0 Å². The summed E-state index contributed by atoms with van der Waals surface area (Å²) in [7, 11) is 0. The Morgan fingerprint density at radius 3 is 2.12 bits per heavy atom. The molecule has 46 valence electrons. The van der Waals surface area contributed by atoms with Crippen LogP contribution in [0.2, 0.25) is 0 Å². The number of rotatable bonds is 1. The highest BCUT2D eigenvalue weighted by atomic mass is 79.9. The van der Waals surface area contributed by atoms with Gasteiger partial charge < -0.3 is 5.11 Å². The van der Waals surface area contributed by atoms with Crippen LogP contribution in [0.15, 0.2) is 0 Å². The first-order valence-electron chi connectivity index (χ1n) is 1.77. The van der Waals surface area contributed by atoms with Gasteiger partial charge in [-0.2, -0.15) is 5.26 Å². The molecular formula is C4H6BrNO2. The first-order valence-corrected chi connectivity index (χ1v) is 2.89. The average molecular weight is 180 g/mol. The molecule has 0 atom stereocenters. The standard InChI is InChI=1S/C2H3BrO2.C2H3N/c3-1-2(4)5;1-2-3/h1H2,(H,4,5);1H3. The second-order valence-corrected chi connectivity index (χ2v) is 1.31. The summed E-state index contributed by atoms with van der Waals surface area (Å²) in [6.45, 7) is 1.43. The van der Waals surface area contributed by atoms with E-state index in [2.05, 4.69) is 15.9 Å². The minimum Gasteiger partial charge on any atom is -0.481 e. The predicted molar refractivity (Wildman–Crippen MR) is 32.7 cm³/mol. The van der Waals surface area contributed by atoms with Crippen LogP contribution in [0.25, 0.3) is 0 Å². The molecule has 0 aromatic heterocycles. The van der Waals surface area contributed by atoms with E-state index in [9.17, 15) is 4.79 Å². The Morgan fingerprint density at radius 2 is 2.12 bits per heavy atom. The first kappa shape index (κ1) is 10.4. The summed E-state index contributed by atoms with van der Waals surface area (Å²) in [4.78, 5) is 9.32. The highest BCUT2D eigenvalue weighted by Gasteiger charge is 1.83. The SMILES string of the molecule is CC#N.O=C(O)CBr. The van der Waals surface area contributed by atoms with Gasteiger partial charge in [-0.1, -0.05) is 15.9 Å². The molecule has 0 heterocycles. The van der Waals surface area contributed by atoms with Gasteiger partial charge in [0.15, 0.2) is 0 Å². The lowest BCUT2D eigenvalue weighted by molar-refractivity contribution is -0.133. The monoisotopic (exact) mass is 179 g/mol. The van der Waals surface area contributed by atoms with Gasteiger partial charge in [0.25, 0.3) is 0 Å². The van der Waals surface area contributed by atoms with Crippen LogP contribution in [-0.2, 0) is 4.79 Å². The Morgan fingerprint density at radius 1 is 2.00 bits per heavy atom. The normalized spacial score (nSPS) is 5.62. The van der Waals surface area contributed by atoms with E-state index < -0.39 is 5.97 Å². The Labute approximate surface area is 56.1 Å². The molecule has 0 aliphatic heterocycles. The maximum Gasteiger partial charge on any atom is 0.314 e. The van der Waals surface area contributed by atoms with Crippen molar-refractivity contribution >= 4 is 21.9 Å². The van der Waals surface area contributed by atoms with Gasteiger partial charge in [0.05, 0.1) is 6.07 Å². The lowest BCUT2D eigenvalue weighted by atomic mass is 10.8. The van der Waals surface area contributed by atoms with Gasteiger partial charge in [-0.3, -0.25) is 4.79 Å². The molecule has 0 rings (SSSR count). The van der Waals surface area contributed by atoms with Crippen LogP contribution in [0, 0.1) is 11.3 Å². The number of halogens is 1. The average Bonchev–Trinajstić information content (AvgIpc) is 1.69. The highest BCUT2D eigenvalue weighted by molar-refractivity contribution is 9.09. The minimum atomic E-state index is -0.829. The summed E-state index contributed by atoms with van der Waals surface area (Å²) in [5.41, 5.74) is 0. The van der Waals surface area contributed by atoms with Gasteiger partial charge in [-0.25, -0.2) is 0 Å². The first-order chi connectivity index (χ1) is 3.68. The van der Waals surface area contributed by atoms with Crippen molar-refractivity contribution in [3.63, 3.8) is 0 Å². The third kappa shape index (κ3) is 51.7. The van der Waals surface area contributed by atoms with Crippen molar-refractivity contribution in [1.82, 2.24) is 0 Å².